The zero-order valence-corrected chi connectivity index (χ0v) is 12.8. The van der Waals surface area contributed by atoms with Crippen LogP contribution in [0, 0.1) is 0 Å². The van der Waals surface area contributed by atoms with Crippen LogP contribution in [0.25, 0.3) is 0 Å². The van der Waals surface area contributed by atoms with E-state index in [-0.39, 0.29) is 47.1 Å². The fourth-order valence-electron chi connectivity index (χ4n) is 0.541. The van der Waals surface area contributed by atoms with Gasteiger partial charge in [-0.05, 0) is 0 Å². The molecule has 0 saturated heterocycles. The van der Waals surface area contributed by atoms with E-state index in [1.165, 1.54) is 0 Å². The predicted molar refractivity (Wildman–Crippen MR) is 77.6 cm³/mol. The number of benzene rings is 1. The van der Waals surface area contributed by atoms with Gasteiger partial charge < -0.3 is 0 Å². The summed E-state index contributed by atoms with van der Waals surface area (Å²) in [6, 6.07) is 9.64. The minimum Gasteiger partial charge on any atom is -0.153 e. The van der Waals surface area contributed by atoms with Crippen molar-refractivity contribution in [2.75, 3.05) is 0 Å². The smallest absolute Gasteiger partial charge is 0.116 e. The quantitative estimate of drug-likeness (QED) is 0.671. The van der Waals surface area contributed by atoms with Gasteiger partial charge in [-0.25, -0.2) is 0 Å². The first-order valence-corrected chi connectivity index (χ1v) is 5.62. The second-order valence-corrected chi connectivity index (χ2v) is 5.10. The Labute approximate surface area is 111 Å². The van der Waals surface area contributed by atoms with Crippen LogP contribution in [-0.2, 0) is 0 Å². The summed E-state index contributed by atoms with van der Waals surface area (Å²) in [7, 11) is 0. The monoisotopic (exact) mass is 320 g/mol. The molecule has 13 heavy (non-hydrogen) atoms. The number of halogens is 5. The minimum atomic E-state index is -0.951. The van der Waals surface area contributed by atoms with Gasteiger partial charge in [-0.2, -0.15) is 9.90 Å². The average molecular weight is 322 g/mol. The molecule has 7 heteroatoms. The molecule has 80 valence electrons. The Kier molecular flexibility index (Phi) is 25.0. The van der Waals surface area contributed by atoms with Gasteiger partial charge in [0.1, 0.15) is 6.63 Å². The summed E-state index contributed by atoms with van der Waals surface area (Å²) < 4.78 is 0. The highest BCUT2D eigenvalue weighted by molar-refractivity contribution is 8.08. The Morgan fingerprint density at radius 2 is 1.23 bits per heavy atom. The van der Waals surface area contributed by atoms with Crippen molar-refractivity contribution in [2.24, 2.45) is 0 Å². The first kappa shape index (κ1) is 24.0. The van der Waals surface area contributed by atoms with Gasteiger partial charge in [0.25, 0.3) is 0 Å². The lowest BCUT2D eigenvalue weighted by Gasteiger charge is -1.96. The molecule has 0 aliphatic carbocycles. The summed E-state index contributed by atoms with van der Waals surface area (Å²) in [6.07, 6.45) is 0. The molecule has 1 aromatic carbocycles. The van der Waals surface area contributed by atoms with Gasteiger partial charge in [-0.15, -0.1) is 37.2 Å². The van der Waals surface area contributed by atoms with E-state index in [9.17, 15) is 0 Å². The molecule has 1 rings (SSSR count). The molecule has 0 fully saturated rings. The third kappa shape index (κ3) is 9.83. The molecule has 0 aliphatic heterocycles. The Morgan fingerprint density at radius 3 is 1.46 bits per heavy atom. The average Bonchev–Trinajstić information content (AvgIpc) is 1.90. The number of hydrogen-bond acceptors (Lipinski definition) is 0. The van der Waals surface area contributed by atoms with Crippen LogP contribution in [0.15, 0.2) is 30.3 Å². The van der Waals surface area contributed by atoms with Crippen LogP contribution in [0.3, 0.4) is 0 Å². The molecule has 0 nitrogen and oxygen atoms in total. The molecule has 0 heterocycles. The SMILES string of the molecule is Cl.Cl.Cl.ClP(Cl)c1ccccc1.P. The minimum absolute atomic E-state index is 0. The lowest BCUT2D eigenvalue weighted by Crippen LogP contribution is -1.89. The first-order chi connectivity index (χ1) is 4.30. The molecule has 0 aliphatic rings. The van der Waals surface area contributed by atoms with Crippen molar-refractivity contribution in [1.82, 2.24) is 0 Å². The van der Waals surface area contributed by atoms with Crippen LogP contribution < -0.4 is 5.30 Å². The second kappa shape index (κ2) is 13.5. The third-order valence-corrected chi connectivity index (χ3v) is 2.81. The van der Waals surface area contributed by atoms with Crippen molar-refractivity contribution < 1.29 is 0 Å². The van der Waals surface area contributed by atoms with Crippen LogP contribution >= 0.6 is 76.2 Å². The van der Waals surface area contributed by atoms with Crippen LogP contribution in [0.2, 0.25) is 0 Å². The molecule has 1 atom stereocenters. The molecule has 0 saturated carbocycles. The van der Waals surface area contributed by atoms with Gasteiger partial charge >= 0.3 is 0 Å². The molecule has 0 bridgehead atoms. The van der Waals surface area contributed by atoms with Gasteiger partial charge in [-0.3, -0.25) is 0 Å². The summed E-state index contributed by atoms with van der Waals surface area (Å²) >= 11 is 11.3. The summed E-state index contributed by atoms with van der Waals surface area (Å²) in [4.78, 5) is 0. The van der Waals surface area contributed by atoms with Gasteiger partial charge in [0.2, 0.25) is 0 Å². The van der Waals surface area contributed by atoms with Crippen LogP contribution in [0.4, 0.5) is 0 Å². The zero-order chi connectivity index (χ0) is 6.69. The molecule has 1 unspecified atom stereocenters. The summed E-state index contributed by atoms with van der Waals surface area (Å²) in [6.45, 7) is -0.951. The van der Waals surface area contributed by atoms with Crippen LogP contribution in [0.5, 0.6) is 0 Å². The maximum atomic E-state index is 5.63. The standard InChI is InChI=1S/C6H5Cl2P.3ClH.H3P/c7-9(8)6-4-2-1-3-5-6;;;;/h1-5H;3*1H;1H3. The fourth-order valence-corrected chi connectivity index (χ4v) is 1.61. The Balaban J connectivity index is -0.000000101. The fraction of sp³-hybridized carbons (Fsp3) is 0. The number of hydrogen-bond donors (Lipinski definition) is 0. The van der Waals surface area contributed by atoms with Crippen molar-refractivity contribution in [3.8, 4) is 0 Å². The van der Waals surface area contributed by atoms with E-state index in [0.29, 0.717) is 0 Å². The Hall–Kier alpha value is 1.53. The van der Waals surface area contributed by atoms with E-state index in [2.05, 4.69) is 0 Å². The third-order valence-electron chi connectivity index (χ3n) is 0.951. The Bertz CT molecular complexity index is 182. The highest BCUT2D eigenvalue weighted by atomic mass is 35.9. The molecule has 0 amide bonds. The van der Waals surface area contributed by atoms with Crippen molar-refractivity contribution >= 4 is 81.5 Å². The van der Waals surface area contributed by atoms with Crippen molar-refractivity contribution in [2.45, 2.75) is 0 Å². The Morgan fingerprint density at radius 1 is 0.846 bits per heavy atom. The lowest BCUT2D eigenvalue weighted by molar-refractivity contribution is 1.78. The molecular formula is C6H11Cl5P2. The van der Waals surface area contributed by atoms with Crippen molar-refractivity contribution in [1.29, 1.82) is 0 Å². The highest BCUT2D eigenvalue weighted by Gasteiger charge is 1.99. The van der Waals surface area contributed by atoms with E-state index in [4.69, 9.17) is 22.5 Å². The van der Waals surface area contributed by atoms with Gasteiger partial charge in [-0.1, -0.05) is 52.8 Å². The predicted octanol–water partition coefficient (Wildman–Crippen LogP) is 4.42. The summed E-state index contributed by atoms with van der Waals surface area (Å²) in [5, 5.41) is 1.01. The molecule has 1 aromatic rings. The van der Waals surface area contributed by atoms with Gasteiger partial charge in [0.15, 0.2) is 0 Å². The highest BCUT2D eigenvalue weighted by Crippen LogP contribution is 2.44. The lowest BCUT2D eigenvalue weighted by atomic mass is 10.4. The van der Waals surface area contributed by atoms with Crippen LogP contribution in [-0.4, -0.2) is 0 Å². The molecular weight excluding hydrogens is 311 g/mol. The maximum absolute atomic E-state index is 5.63. The summed E-state index contributed by atoms with van der Waals surface area (Å²) in [5.41, 5.74) is 0. The number of rotatable bonds is 1. The van der Waals surface area contributed by atoms with E-state index in [1.54, 1.807) is 0 Å². The summed E-state index contributed by atoms with van der Waals surface area (Å²) in [5.74, 6) is 0. The van der Waals surface area contributed by atoms with Crippen LogP contribution in [0.1, 0.15) is 0 Å². The van der Waals surface area contributed by atoms with Crippen molar-refractivity contribution in [3.63, 3.8) is 0 Å². The first-order valence-electron chi connectivity index (χ1n) is 2.47. The van der Waals surface area contributed by atoms with E-state index in [0.717, 1.165) is 5.30 Å². The van der Waals surface area contributed by atoms with E-state index >= 15 is 0 Å². The largest absolute Gasteiger partial charge is 0.153 e. The molecule has 0 aromatic heterocycles. The molecule has 0 N–H and O–H groups in total. The van der Waals surface area contributed by atoms with E-state index < -0.39 is 6.63 Å². The van der Waals surface area contributed by atoms with Gasteiger partial charge in [0.05, 0.1) is 0 Å². The van der Waals surface area contributed by atoms with Gasteiger partial charge in [0, 0.05) is 5.30 Å². The molecule has 0 radical (unpaired) electrons. The topological polar surface area (TPSA) is 0 Å². The van der Waals surface area contributed by atoms with E-state index in [1.807, 2.05) is 30.3 Å². The van der Waals surface area contributed by atoms with Crippen molar-refractivity contribution in [3.05, 3.63) is 30.3 Å². The molecule has 0 spiro atoms. The normalized spacial score (nSPS) is 7.00. The second-order valence-electron chi connectivity index (χ2n) is 1.57. The zero-order valence-electron chi connectivity index (χ0n) is 6.52. The maximum Gasteiger partial charge on any atom is 0.116 e.